The van der Waals surface area contributed by atoms with Gasteiger partial charge in [-0.2, -0.15) is 0 Å². The molecule has 0 radical (unpaired) electrons. The van der Waals surface area contributed by atoms with Gasteiger partial charge < -0.3 is 19.7 Å². The van der Waals surface area contributed by atoms with Crippen LogP contribution in [0.2, 0.25) is 0 Å². The van der Waals surface area contributed by atoms with Crippen molar-refractivity contribution in [3.8, 4) is 5.75 Å². The van der Waals surface area contributed by atoms with E-state index in [-0.39, 0.29) is 11.1 Å². The van der Waals surface area contributed by atoms with Gasteiger partial charge in [0.2, 0.25) is 0 Å². The number of amides is 1. The predicted octanol–water partition coefficient (Wildman–Crippen LogP) is 3.37. The molecule has 1 heterocycles. The Bertz CT molecular complexity index is 947. The molecule has 0 spiro atoms. The largest absolute Gasteiger partial charge is 0.494 e. The van der Waals surface area contributed by atoms with Crippen molar-refractivity contribution in [1.29, 1.82) is 0 Å². The van der Waals surface area contributed by atoms with Crippen LogP contribution in [-0.4, -0.2) is 17.7 Å². The lowest BCUT2D eigenvalue weighted by atomic mass is 10.1. The summed E-state index contributed by atoms with van der Waals surface area (Å²) < 4.78 is 10.9. The van der Waals surface area contributed by atoms with Crippen molar-refractivity contribution in [2.75, 3.05) is 11.9 Å². The lowest BCUT2D eigenvalue weighted by molar-refractivity contribution is 0.102. The zero-order valence-electron chi connectivity index (χ0n) is 13.0. The normalized spacial score (nSPS) is 11.5. The minimum absolute atomic E-state index is 0.137. The molecular formula is C18H16N2O4. The highest BCUT2D eigenvalue weighted by Crippen LogP contribution is 2.18. The fraction of sp³-hybridized carbons (Fsp3) is 0.111. The maximum atomic E-state index is 12.5. The Balaban J connectivity index is 1.95. The molecule has 122 valence electrons. The van der Waals surface area contributed by atoms with E-state index in [4.69, 9.17) is 14.4 Å². The maximum absolute atomic E-state index is 12.5. The van der Waals surface area contributed by atoms with Gasteiger partial charge in [0, 0.05) is 17.1 Å². The summed E-state index contributed by atoms with van der Waals surface area (Å²) in [5.74, 6) is 0.219. The number of anilines is 1. The van der Waals surface area contributed by atoms with Crippen molar-refractivity contribution >= 4 is 22.6 Å². The second kappa shape index (κ2) is 6.87. The summed E-state index contributed by atoms with van der Waals surface area (Å²) in [7, 11) is 0. The summed E-state index contributed by atoms with van der Waals surface area (Å²) in [5, 5.41) is 15.7. The summed E-state index contributed by atoms with van der Waals surface area (Å²) in [4.78, 5) is 12.5. The van der Waals surface area contributed by atoms with Crippen molar-refractivity contribution in [2.45, 2.75) is 6.92 Å². The standard InChI is InChI=1S/C18H16N2O4/c1-2-23-14-8-5-7-13(11-14)19-17(21)15-10-12-6-3-4-9-16(12)24-18(15)20-22/h3-11,22H,2H2,1H3,(H,19,21)/b20-18-. The Morgan fingerprint density at radius 1 is 1.21 bits per heavy atom. The number of fused-ring (bicyclic) bond motifs is 1. The number of rotatable bonds is 4. The SMILES string of the molecule is CCOc1cccc(NC(=O)c2cc3ccccc3o/c2=N\O)c1. The van der Waals surface area contributed by atoms with Crippen LogP contribution in [0.15, 0.2) is 64.2 Å². The van der Waals surface area contributed by atoms with E-state index < -0.39 is 5.91 Å². The van der Waals surface area contributed by atoms with E-state index >= 15 is 0 Å². The van der Waals surface area contributed by atoms with Gasteiger partial charge >= 0.3 is 0 Å². The molecule has 3 rings (SSSR count). The molecule has 1 amide bonds. The average molecular weight is 324 g/mol. The maximum Gasteiger partial charge on any atom is 0.268 e. The number of nitrogens with zero attached hydrogens (tertiary/aromatic N) is 1. The van der Waals surface area contributed by atoms with E-state index in [1.165, 1.54) is 0 Å². The number of nitrogens with one attached hydrogen (secondary N) is 1. The van der Waals surface area contributed by atoms with E-state index in [1.54, 1.807) is 42.5 Å². The average Bonchev–Trinajstić information content (AvgIpc) is 2.61. The number of carbonyl (C=O) groups excluding carboxylic acids is 1. The van der Waals surface area contributed by atoms with E-state index in [9.17, 15) is 4.79 Å². The third-order valence-corrected chi connectivity index (χ3v) is 3.39. The first-order valence-electron chi connectivity index (χ1n) is 7.46. The van der Waals surface area contributed by atoms with E-state index in [0.29, 0.717) is 23.6 Å². The first-order valence-corrected chi connectivity index (χ1v) is 7.46. The number of para-hydroxylation sites is 1. The van der Waals surface area contributed by atoms with Crippen LogP contribution >= 0.6 is 0 Å². The molecule has 0 saturated heterocycles. The minimum Gasteiger partial charge on any atom is -0.494 e. The van der Waals surface area contributed by atoms with Crippen LogP contribution in [0.1, 0.15) is 17.3 Å². The van der Waals surface area contributed by atoms with Crippen LogP contribution < -0.4 is 15.6 Å². The molecule has 6 nitrogen and oxygen atoms in total. The molecule has 3 aromatic rings. The Labute approximate surface area is 138 Å². The number of carbonyl (C=O) groups is 1. The van der Waals surface area contributed by atoms with Crippen molar-refractivity contribution in [3.05, 3.63) is 65.7 Å². The second-order valence-corrected chi connectivity index (χ2v) is 5.02. The van der Waals surface area contributed by atoms with Gasteiger partial charge in [0.25, 0.3) is 11.5 Å². The monoisotopic (exact) mass is 324 g/mol. The quantitative estimate of drug-likeness (QED) is 0.569. The van der Waals surface area contributed by atoms with Crippen LogP contribution in [0.3, 0.4) is 0 Å². The van der Waals surface area contributed by atoms with Gasteiger partial charge in [-0.3, -0.25) is 4.79 Å². The Morgan fingerprint density at radius 3 is 2.83 bits per heavy atom. The third kappa shape index (κ3) is 3.22. The highest BCUT2D eigenvalue weighted by Gasteiger charge is 2.13. The minimum atomic E-state index is -0.439. The summed E-state index contributed by atoms with van der Waals surface area (Å²) in [6.07, 6.45) is 0. The molecule has 0 saturated carbocycles. The molecule has 0 aliphatic heterocycles. The Kier molecular flexibility index (Phi) is 4.47. The topological polar surface area (TPSA) is 84.1 Å². The smallest absolute Gasteiger partial charge is 0.268 e. The Morgan fingerprint density at radius 2 is 2.04 bits per heavy atom. The zero-order chi connectivity index (χ0) is 16.9. The van der Waals surface area contributed by atoms with Crippen LogP contribution in [0.25, 0.3) is 11.0 Å². The molecule has 0 aliphatic rings. The first kappa shape index (κ1) is 15.6. The first-order chi connectivity index (χ1) is 11.7. The summed E-state index contributed by atoms with van der Waals surface area (Å²) >= 11 is 0. The van der Waals surface area contributed by atoms with Gasteiger partial charge in [-0.15, -0.1) is 0 Å². The number of hydrogen-bond acceptors (Lipinski definition) is 5. The van der Waals surface area contributed by atoms with Gasteiger partial charge in [0.05, 0.1) is 6.61 Å². The van der Waals surface area contributed by atoms with E-state index in [2.05, 4.69) is 10.5 Å². The lowest BCUT2D eigenvalue weighted by Gasteiger charge is -2.08. The number of ether oxygens (including phenoxy) is 1. The number of hydrogen-bond donors (Lipinski definition) is 2. The van der Waals surface area contributed by atoms with Gasteiger partial charge in [0.15, 0.2) is 0 Å². The molecule has 24 heavy (non-hydrogen) atoms. The molecule has 2 aromatic carbocycles. The molecule has 2 N–H and O–H groups in total. The molecule has 6 heteroatoms. The second-order valence-electron chi connectivity index (χ2n) is 5.02. The molecule has 0 bridgehead atoms. The van der Waals surface area contributed by atoms with Gasteiger partial charge in [0.1, 0.15) is 16.9 Å². The van der Waals surface area contributed by atoms with Crippen LogP contribution in [0, 0.1) is 0 Å². The summed E-state index contributed by atoms with van der Waals surface area (Å²) in [6.45, 7) is 2.42. The fourth-order valence-corrected chi connectivity index (χ4v) is 2.33. The van der Waals surface area contributed by atoms with E-state index in [0.717, 1.165) is 5.39 Å². The van der Waals surface area contributed by atoms with Crippen molar-refractivity contribution in [3.63, 3.8) is 0 Å². The van der Waals surface area contributed by atoms with Gasteiger partial charge in [-0.25, -0.2) is 0 Å². The predicted molar refractivity (Wildman–Crippen MR) is 89.1 cm³/mol. The van der Waals surface area contributed by atoms with E-state index in [1.807, 2.05) is 19.1 Å². The molecular weight excluding hydrogens is 308 g/mol. The van der Waals surface area contributed by atoms with Crippen molar-refractivity contribution in [2.24, 2.45) is 5.16 Å². The third-order valence-electron chi connectivity index (χ3n) is 3.39. The van der Waals surface area contributed by atoms with Gasteiger partial charge in [-0.1, -0.05) is 24.3 Å². The Hall–Kier alpha value is -3.28. The summed E-state index contributed by atoms with van der Waals surface area (Å²) in [5.41, 5.74) is 1.09. The van der Waals surface area contributed by atoms with Crippen molar-refractivity contribution in [1.82, 2.24) is 0 Å². The van der Waals surface area contributed by atoms with Gasteiger partial charge in [-0.05, 0) is 36.3 Å². The highest BCUT2D eigenvalue weighted by atomic mass is 16.5. The molecule has 0 atom stereocenters. The summed E-state index contributed by atoms with van der Waals surface area (Å²) in [6, 6.07) is 15.8. The lowest BCUT2D eigenvalue weighted by Crippen LogP contribution is -2.21. The van der Waals surface area contributed by atoms with Crippen LogP contribution in [0.4, 0.5) is 5.69 Å². The zero-order valence-corrected chi connectivity index (χ0v) is 13.0. The van der Waals surface area contributed by atoms with Crippen LogP contribution in [0.5, 0.6) is 5.75 Å². The van der Waals surface area contributed by atoms with Crippen LogP contribution in [-0.2, 0) is 0 Å². The van der Waals surface area contributed by atoms with Crippen molar-refractivity contribution < 1.29 is 19.2 Å². The molecule has 0 aliphatic carbocycles. The highest BCUT2D eigenvalue weighted by molar-refractivity contribution is 6.05. The molecule has 0 fully saturated rings. The number of benzene rings is 2. The molecule has 1 aromatic heterocycles. The fourth-order valence-electron chi connectivity index (χ4n) is 2.33. The molecule has 0 unspecified atom stereocenters.